The van der Waals surface area contributed by atoms with Crippen molar-refractivity contribution in [2.75, 3.05) is 0 Å². The molecule has 0 radical (unpaired) electrons. The molecule has 0 fully saturated rings. The number of rotatable bonds is 1. The van der Waals surface area contributed by atoms with Crippen molar-refractivity contribution in [3.63, 3.8) is 0 Å². The van der Waals surface area contributed by atoms with E-state index < -0.39 is 11.7 Å². The Morgan fingerprint density at radius 3 is 2.12 bits per heavy atom. The molecule has 0 saturated heterocycles. The van der Waals surface area contributed by atoms with Crippen molar-refractivity contribution in [2.24, 2.45) is 0 Å². The van der Waals surface area contributed by atoms with E-state index in [1.807, 2.05) is 13.0 Å². The summed E-state index contributed by atoms with van der Waals surface area (Å²) in [4.78, 5) is 2.07. The van der Waals surface area contributed by atoms with E-state index >= 15 is 0 Å². The largest absolute Gasteiger partial charge is 0.416 e. The lowest BCUT2D eigenvalue weighted by molar-refractivity contribution is -0.137. The Bertz CT molecular complexity index is 506. The van der Waals surface area contributed by atoms with E-state index in [1.165, 1.54) is 12.1 Å². The summed E-state index contributed by atoms with van der Waals surface area (Å²) in [5, 5.41) is 0. The maximum absolute atomic E-state index is 12.4. The summed E-state index contributed by atoms with van der Waals surface area (Å²) in [6.45, 7) is 1.96. The highest BCUT2D eigenvalue weighted by atomic mass is 79.9. The number of aryl methyl sites for hydroxylation is 1. The molecule has 90 valence electrons. The molecule has 0 bridgehead atoms. The van der Waals surface area contributed by atoms with Crippen LogP contribution < -0.4 is 0 Å². The zero-order chi connectivity index (χ0) is 12.6. The molecule has 5 heteroatoms. The van der Waals surface area contributed by atoms with Gasteiger partial charge in [0.1, 0.15) is 0 Å². The monoisotopic (exact) mass is 320 g/mol. The normalized spacial score (nSPS) is 11.8. The van der Waals surface area contributed by atoms with Gasteiger partial charge in [0.15, 0.2) is 0 Å². The Hall–Kier alpha value is -0.810. The Kier molecular flexibility index (Phi) is 3.32. The predicted octanol–water partition coefficient (Wildman–Crippen LogP) is 5.50. The molecular formula is C12H8BrF3S. The van der Waals surface area contributed by atoms with Crippen LogP contribution >= 0.6 is 27.3 Å². The second-order valence-electron chi connectivity index (χ2n) is 3.59. The first-order valence-electron chi connectivity index (χ1n) is 4.81. The van der Waals surface area contributed by atoms with Crippen molar-refractivity contribution < 1.29 is 13.2 Å². The van der Waals surface area contributed by atoms with E-state index in [4.69, 9.17) is 0 Å². The average Bonchev–Trinajstić information content (AvgIpc) is 2.58. The summed E-state index contributed by atoms with van der Waals surface area (Å²) in [7, 11) is 0. The van der Waals surface area contributed by atoms with E-state index in [-0.39, 0.29) is 0 Å². The third-order valence-electron chi connectivity index (χ3n) is 2.35. The topological polar surface area (TPSA) is 0 Å². The summed E-state index contributed by atoms with van der Waals surface area (Å²) in [5.74, 6) is 0. The Labute approximate surface area is 109 Å². The molecule has 0 atom stereocenters. The molecule has 0 aliphatic carbocycles. The van der Waals surface area contributed by atoms with Gasteiger partial charge in [-0.15, -0.1) is 11.3 Å². The van der Waals surface area contributed by atoms with Crippen molar-refractivity contribution in [3.05, 3.63) is 45.2 Å². The third-order valence-corrected chi connectivity index (χ3v) is 4.54. The van der Waals surface area contributed by atoms with Crippen LogP contribution in [0, 0.1) is 6.92 Å². The summed E-state index contributed by atoms with van der Waals surface area (Å²) in [6, 6.07) is 7.14. The zero-order valence-electron chi connectivity index (χ0n) is 8.81. The Morgan fingerprint density at radius 2 is 1.71 bits per heavy atom. The van der Waals surface area contributed by atoms with Gasteiger partial charge in [0.2, 0.25) is 0 Å². The molecule has 0 unspecified atom stereocenters. The molecule has 0 saturated carbocycles. The summed E-state index contributed by atoms with van der Waals surface area (Å²) < 4.78 is 38.1. The highest BCUT2D eigenvalue weighted by Crippen LogP contribution is 2.36. The number of alkyl halides is 3. The third kappa shape index (κ3) is 2.72. The lowest BCUT2D eigenvalue weighted by atomic mass is 10.1. The number of thiophene rings is 1. The van der Waals surface area contributed by atoms with E-state index in [1.54, 1.807) is 11.3 Å². The zero-order valence-corrected chi connectivity index (χ0v) is 11.2. The minimum absolute atomic E-state index is 0.617. The molecule has 0 nitrogen and oxygen atoms in total. The molecule has 0 aliphatic rings. The summed E-state index contributed by atoms with van der Waals surface area (Å²) in [5.41, 5.74) is 0.186. The van der Waals surface area contributed by atoms with Crippen LogP contribution in [0.25, 0.3) is 10.4 Å². The lowest BCUT2D eigenvalue weighted by Gasteiger charge is -2.06. The smallest absolute Gasteiger partial charge is 0.166 e. The molecule has 17 heavy (non-hydrogen) atoms. The van der Waals surface area contributed by atoms with Crippen LogP contribution in [0.15, 0.2) is 34.8 Å². The number of hydrogen-bond acceptors (Lipinski definition) is 1. The first kappa shape index (κ1) is 12.6. The van der Waals surface area contributed by atoms with Gasteiger partial charge in [-0.25, -0.2) is 0 Å². The van der Waals surface area contributed by atoms with E-state index in [9.17, 15) is 13.2 Å². The van der Waals surface area contributed by atoms with Crippen LogP contribution in [0.3, 0.4) is 0 Å². The molecule has 0 amide bonds. The van der Waals surface area contributed by atoms with Gasteiger partial charge in [-0.05, 0) is 46.6 Å². The standard InChI is InChI=1S/C12H8BrF3S/c1-7-10(13)6-11(17-7)8-2-4-9(5-3-8)12(14,15)16/h2-6H,1H3. The van der Waals surface area contributed by atoms with Gasteiger partial charge in [0.25, 0.3) is 0 Å². The quantitative estimate of drug-likeness (QED) is 0.650. The molecule has 1 aromatic heterocycles. The summed E-state index contributed by atoms with van der Waals surface area (Å²) in [6.07, 6.45) is -4.27. The highest BCUT2D eigenvalue weighted by Gasteiger charge is 2.29. The molecule has 0 N–H and O–H groups in total. The van der Waals surface area contributed by atoms with Crippen LogP contribution in [0.5, 0.6) is 0 Å². The number of halogens is 4. The molecule has 0 spiro atoms. The number of hydrogen-bond donors (Lipinski definition) is 0. The molecule has 0 aliphatic heterocycles. The first-order chi connectivity index (χ1) is 7.88. The predicted molar refractivity (Wildman–Crippen MR) is 67.2 cm³/mol. The van der Waals surface area contributed by atoms with Crippen molar-refractivity contribution >= 4 is 27.3 Å². The molecule has 2 rings (SSSR count). The van der Waals surface area contributed by atoms with Crippen LogP contribution in [-0.2, 0) is 6.18 Å². The lowest BCUT2D eigenvalue weighted by Crippen LogP contribution is -2.03. The van der Waals surface area contributed by atoms with Crippen LogP contribution in [-0.4, -0.2) is 0 Å². The fourth-order valence-corrected chi connectivity index (χ4v) is 2.97. The number of benzene rings is 1. The molecular weight excluding hydrogens is 313 g/mol. The Morgan fingerprint density at radius 1 is 1.12 bits per heavy atom. The van der Waals surface area contributed by atoms with Crippen molar-refractivity contribution in [1.82, 2.24) is 0 Å². The van der Waals surface area contributed by atoms with Crippen LogP contribution in [0.1, 0.15) is 10.4 Å². The van der Waals surface area contributed by atoms with E-state index in [0.717, 1.165) is 31.9 Å². The molecule has 1 aromatic carbocycles. The van der Waals surface area contributed by atoms with Gasteiger partial charge in [-0.3, -0.25) is 0 Å². The van der Waals surface area contributed by atoms with Gasteiger partial charge in [-0.1, -0.05) is 12.1 Å². The van der Waals surface area contributed by atoms with E-state index in [2.05, 4.69) is 15.9 Å². The van der Waals surface area contributed by atoms with Crippen molar-refractivity contribution in [1.29, 1.82) is 0 Å². The minimum atomic E-state index is -4.27. The van der Waals surface area contributed by atoms with Gasteiger partial charge < -0.3 is 0 Å². The first-order valence-corrected chi connectivity index (χ1v) is 6.42. The second kappa shape index (κ2) is 4.46. The SMILES string of the molecule is Cc1sc(-c2ccc(C(F)(F)F)cc2)cc1Br. The Balaban J connectivity index is 2.36. The molecule has 1 heterocycles. The maximum Gasteiger partial charge on any atom is 0.416 e. The van der Waals surface area contributed by atoms with Gasteiger partial charge in [0.05, 0.1) is 5.56 Å². The highest BCUT2D eigenvalue weighted by molar-refractivity contribution is 9.10. The van der Waals surface area contributed by atoms with Gasteiger partial charge >= 0.3 is 6.18 Å². The van der Waals surface area contributed by atoms with Crippen molar-refractivity contribution in [3.8, 4) is 10.4 Å². The van der Waals surface area contributed by atoms with Crippen molar-refractivity contribution in [2.45, 2.75) is 13.1 Å². The van der Waals surface area contributed by atoms with E-state index in [0.29, 0.717) is 0 Å². The minimum Gasteiger partial charge on any atom is -0.166 e. The van der Waals surface area contributed by atoms with Gasteiger partial charge in [0, 0.05) is 14.2 Å². The maximum atomic E-state index is 12.4. The van der Waals surface area contributed by atoms with Gasteiger partial charge in [-0.2, -0.15) is 13.2 Å². The molecule has 2 aromatic rings. The summed E-state index contributed by atoms with van der Waals surface area (Å²) >= 11 is 4.94. The van der Waals surface area contributed by atoms with Crippen LogP contribution in [0.4, 0.5) is 13.2 Å². The van der Waals surface area contributed by atoms with Crippen LogP contribution in [0.2, 0.25) is 0 Å². The fourth-order valence-electron chi connectivity index (χ4n) is 1.43. The average molecular weight is 321 g/mol. The fraction of sp³-hybridized carbons (Fsp3) is 0.167. The second-order valence-corrected chi connectivity index (χ2v) is 5.70.